The van der Waals surface area contributed by atoms with Crippen molar-refractivity contribution >= 4 is 22.3 Å². The average Bonchev–Trinajstić information content (AvgIpc) is 2.69. The molecule has 0 saturated heterocycles. The summed E-state index contributed by atoms with van der Waals surface area (Å²) in [5.41, 5.74) is 0.752. The molecule has 0 aliphatic carbocycles. The Morgan fingerprint density at radius 1 is 0.750 bits per heavy atom. The van der Waals surface area contributed by atoms with Crippen LogP contribution in [0.1, 0.15) is 5.56 Å². The first kappa shape index (κ1) is 17.9. The molecule has 0 radical (unpaired) electrons. The monoisotopic (exact) mass is 383 g/mol. The number of halogens is 4. The van der Waals surface area contributed by atoms with Crippen molar-refractivity contribution in [2.75, 3.05) is 5.32 Å². The van der Waals surface area contributed by atoms with E-state index in [0.29, 0.717) is 22.5 Å². The van der Waals surface area contributed by atoms with Crippen LogP contribution in [-0.4, -0.2) is 10.2 Å². The molecule has 1 aromatic heterocycles. The number of nitrogens with one attached hydrogen (secondary N) is 1. The highest BCUT2D eigenvalue weighted by molar-refractivity contribution is 6.00. The molecule has 0 atom stereocenters. The number of nitrogens with zero attached hydrogens (tertiary/aromatic N) is 2. The molecule has 0 aliphatic rings. The Kier molecular flexibility index (Phi) is 4.43. The molecule has 0 aliphatic heterocycles. The number of hydrogen-bond donors (Lipinski definition) is 1. The van der Waals surface area contributed by atoms with Crippen LogP contribution in [-0.2, 0) is 6.18 Å². The van der Waals surface area contributed by atoms with E-state index in [1.807, 2.05) is 12.1 Å². The fourth-order valence-corrected chi connectivity index (χ4v) is 2.93. The van der Waals surface area contributed by atoms with Gasteiger partial charge >= 0.3 is 6.18 Å². The van der Waals surface area contributed by atoms with Crippen molar-refractivity contribution in [2.45, 2.75) is 6.18 Å². The maximum Gasteiger partial charge on any atom is 0.416 e. The lowest BCUT2D eigenvalue weighted by atomic mass is 10.0. The number of aromatic nitrogens is 2. The number of anilines is 2. The second kappa shape index (κ2) is 6.92. The summed E-state index contributed by atoms with van der Waals surface area (Å²) in [7, 11) is 0. The Labute approximate surface area is 157 Å². The second-order valence-corrected chi connectivity index (χ2v) is 6.15. The summed E-state index contributed by atoms with van der Waals surface area (Å²) in [6.07, 6.45) is -4.43. The van der Waals surface area contributed by atoms with Gasteiger partial charge in [0, 0.05) is 22.0 Å². The maximum atomic E-state index is 13.2. The quantitative estimate of drug-likeness (QED) is 0.428. The highest BCUT2D eigenvalue weighted by atomic mass is 19.4. The van der Waals surface area contributed by atoms with E-state index in [2.05, 4.69) is 15.5 Å². The Hall–Kier alpha value is -3.48. The summed E-state index contributed by atoms with van der Waals surface area (Å²) in [5, 5.41) is 12.7. The van der Waals surface area contributed by atoms with Gasteiger partial charge < -0.3 is 5.32 Å². The summed E-state index contributed by atoms with van der Waals surface area (Å²) in [5.74, 6) is -0.0235. The zero-order valence-corrected chi connectivity index (χ0v) is 14.3. The highest BCUT2D eigenvalue weighted by Crippen LogP contribution is 2.33. The summed E-state index contributed by atoms with van der Waals surface area (Å²) in [6.45, 7) is 0. The van der Waals surface area contributed by atoms with Crippen LogP contribution in [0.4, 0.5) is 29.1 Å². The van der Waals surface area contributed by atoms with Gasteiger partial charge in [-0.3, -0.25) is 0 Å². The molecule has 28 heavy (non-hydrogen) atoms. The summed E-state index contributed by atoms with van der Waals surface area (Å²) < 4.78 is 52.1. The van der Waals surface area contributed by atoms with Crippen molar-refractivity contribution in [1.82, 2.24) is 10.2 Å². The van der Waals surface area contributed by atoms with Crippen LogP contribution in [0.2, 0.25) is 0 Å². The predicted octanol–water partition coefficient (Wildman–Crippen LogP) is 6.20. The minimum absolute atomic E-state index is 0.254. The second-order valence-electron chi connectivity index (χ2n) is 6.15. The van der Waals surface area contributed by atoms with E-state index in [1.165, 1.54) is 24.3 Å². The molecular formula is C21H13F4N3. The van der Waals surface area contributed by atoms with Crippen LogP contribution >= 0.6 is 0 Å². The van der Waals surface area contributed by atoms with Gasteiger partial charge in [-0.2, -0.15) is 13.2 Å². The van der Waals surface area contributed by atoms with E-state index < -0.39 is 11.7 Å². The fraction of sp³-hybridized carbons (Fsp3) is 0.0476. The molecule has 4 rings (SSSR count). The molecule has 7 heteroatoms. The molecule has 1 heterocycles. The smallest absolute Gasteiger partial charge is 0.338 e. The maximum absolute atomic E-state index is 13.2. The van der Waals surface area contributed by atoms with Crippen LogP contribution in [0.3, 0.4) is 0 Å². The third kappa shape index (κ3) is 3.51. The van der Waals surface area contributed by atoms with E-state index in [1.54, 1.807) is 24.3 Å². The Balaban J connectivity index is 1.78. The van der Waals surface area contributed by atoms with Gasteiger partial charge in [-0.25, -0.2) is 4.39 Å². The van der Waals surface area contributed by atoms with E-state index in [-0.39, 0.29) is 11.5 Å². The molecule has 0 fully saturated rings. The highest BCUT2D eigenvalue weighted by Gasteiger charge is 2.30. The topological polar surface area (TPSA) is 37.8 Å². The van der Waals surface area contributed by atoms with Gasteiger partial charge in [0.05, 0.1) is 5.56 Å². The van der Waals surface area contributed by atoms with Gasteiger partial charge in [0.1, 0.15) is 11.5 Å². The predicted molar refractivity (Wildman–Crippen MR) is 99.7 cm³/mol. The first-order valence-corrected chi connectivity index (χ1v) is 8.37. The zero-order chi connectivity index (χ0) is 19.7. The number of benzene rings is 3. The number of alkyl halides is 3. The van der Waals surface area contributed by atoms with Crippen molar-refractivity contribution in [2.24, 2.45) is 0 Å². The molecule has 140 valence electrons. The van der Waals surface area contributed by atoms with Crippen LogP contribution in [0.5, 0.6) is 0 Å². The molecule has 0 saturated carbocycles. The molecular weight excluding hydrogens is 370 g/mol. The van der Waals surface area contributed by atoms with E-state index >= 15 is 0 Å². The SMILES string of the molecule is Fc1ccc(-c2nnc(Nc3cccc(C(F)(F)F)c3)c3ccccc23)cc1. The van der Waals surface area contributed by atoms with Crippen LogP contribution < -0.4 is 5.32 Å². The lowest BCUT2D eigenvalue weighted by molar-refractivity contribution is -0.137. The molecule has 3 aromatic carbocycles. The lowest BCUT2D eigenvalue weighted by Gasteiger charge is -2.13. The normalized spacial score (nSPS) is 11.6. The largest absolute Gasteiger partial charge is 0.416 e. The Morgan fingerprint density at radius 2 is 1.46 bits per heavy atom. The molecule has 3 nitrogen and oxygen atoms in total. The summed E-state index contributed by atoms with van der Waals surface area (Å²) in [4.78, 5) is 0. The summed E-state index contributed by atoms with van der Waals surface area (Å²) >= 11 is 0. The van der Waals surface area contributed by atoms with Crippen molar-refractivity contribution < 1.29 is 17.6 Å². The third-order valence-corrected chi connectivity index (χ3v) is 4.26. The molecule has 0 unspecified atom stereocenters. The van der Waals surface area contributed by atoms with Crippen molar-refractivity contribution in [3.05, 3.63) is 84.2 Å². The van der Waals surface area contributed by atoms with Crippen molar-refractivity contribution in [3.63, 3.8) is 0 Å². The standard InChI is InChI=1S/C21H13F4N3/c22-15-10-8-13(9-11-15)19-17-6-1-2-7-18(17)20(28-27-19)26-16-5-3-4-14(12-16)21(23,24)25/h1-12H,(H,26,28). The molecule has 0 spiro atoms. The average molecular weight is 383 g/mol. The first-order chi connectivity index (χ1) is 13.4. The number of fused-ring (bicyclic) bond motifs is 1. The minimum atomic E-state index is -4.43. The lowest BCUT2D eigenvalue weighted by Crippen LogP contribution is -2.05. The Bertz CT molecular complexity index is 1140. The van der Waals surface area contributed by atoms with E-state index in [0.717, 1.165) is 17.5 Å². The van der Waals surface area contributed by atoms with Gasteiger partial charge in [0.15, 0.2) is 5.82 Å². The molecule has 4 aromatic rings. The van der Waals surface area contributed by atoms with Gasteiger partial charge in [0.2, 0.25) is 0 Å². The van der Waals surface area contributed by atoms with Gasteiger partial charge in [0.25, 0.3) is 0 Å². The Morgan fingerprint density at radius 3 is 2.18 bits per heavy atom. The molecule has 0 amide bonds. The van der Waals surface area contributed by atoms with Crippen LogP contribution in [0.25, 0.3) is 22.0 Å². The van der Waals surface area contributed by atoms with Crippen LogP contribution in [0, 0.1) is 5.82 Å². The molecule has 0 bridgehead atoms. The minimum Gasteiger partial charge on any atom is -0.338 e. The van der Waals surface area contributed by atoms with Crippen molar-refractivity contribution in [3.8, 4) is 11.3 Å². The number of rotatable bonds is 3. The first-order valence-electron chi connectivity index (χ1n) is 8.37. The molecule has 1 N–H and O–H groups in total. The summed E-state index contributed by atoms with van der Waals surface area (Å²) in [6, 6.07) is 18.0. The van der Waals surface area contributed by atoms with Crippen molar-refractivity contribution in [1.29, 1.82) is 0 Å². The zero-order valence-electron chi connectivity index (χ0n) is 14.3. The fourth-order valence-electron chi connectivity index (χ4n) is 2.93. The van der Waals surface area contributed by atoms with Gasteiger partial charge in [-0.15, -0.1) is 10.2 Å². The van der Waals surface area contributed by atoms with Crippen LogP contribution in [0.15, 0.2) is 72.8 Å². The van der Waals surface area contributed by atoms with E-state index in [4.69, 9.17) is 0 Å². The van der Waals surface area contributed by atoms with Gasteiger partial charge in [-0.05, 0) is 42.5 Å². The number of hydrogen-bond acceptors (Lipinski definition) is 3. The van der Waals surface area contributed by atoms with Gasteiger partial charge in [-0.1, -0.05) is 30.3 Å². The van der Waals surface area contributed by atoms with E-state index in [9.17, 15) is 17.6 Å². The third-order valence-electron chi connectivity index (χ3n) is 4.26.